The Hall–Kier alpha value is -0.210. The molecule has 0 bridgehead atoms. The normalized spacial score (nSPS) is 32.7. The Kier molecular flexibility index (Phi) is 1.58. The quantitative estimate of drug-likeness (QED) is 0.482. The number of halogens is 1. The molecular formula is C7H11ClN2. The van der Waals surface area contributed by atoms with Crippen LogP contribution in [0.5, 0.6) is 0 Å². The first-order chi connectivity index (χ1) is 4.86. The number of hydrogen-bond acceptors (Lipinski definition) is 2. The summed E-state index contributed by atoms with van der Waals surface area (Å²) in [6.07, 6.45) is 6.62. The van der Waals surface area contributed by atoms with Gasteiger partial charge < -0.3 is 5.43 Å². The van der Waals surface area contributed by atoms with E-state index in [0.717, 1.165) is 12.5 Å². The zero-order valence-corrected chi connectivity index (χ0v) is 6.51. The molecule has 2 rings (SSSR count). The second kappa shape index (κ2) is 2.44. The van der Waals surface area contributed by atoms with Crippen molar-refractivity contribution < 1.29 is 0 Å². The molecule has 1 saturated carbocycles. The highest BCUT2D eigenvalue weighted by molar-refractivity contribution is 6.21. The molecule has 0 aromatic carbocycles. The third-order valence-electron chi connectivity index (χ3n) is 1.94. The first kappa shape index (κ1) is 6.50. The van der Waals surface area contributed by atoms with Crippen molar-refractivity contribution in [3.05, 3.63) is 12.3 Å². The highest BCUT2D eigenvalue weighted by Gasteiger charge is 2.27. The van der Waals surface area contributed by atoms with Crippen LogP contribution in [0.3, 0.4) is 0 Å². The lowest BCUT2D eigenvalue weighted by atomic mass is 10.4. The molecule has 0 radical (unpaired) electrons. The summed E-state index contributed by atoms with van der Waals surface area (Å²) in [7, 11) is 0. The fourth-order valence-electron chi connectivity index (χ4n) is 1.13. The molecule has 1 fully saturated rings. The average Bonchev–Trinajstić information content (AvgIpc) is 2.62. The van der Waals surface area contributed by atoms with Crippen molar-refractivity contribution in [2.45, 2.75) is 18.3 Å². The van der Waals surface area contributed by atoms with Crippen molar-refractivity contribution >= 4 is 11.6 Å². The van der Waals surface area contributed by atoms with Gasteiger partial charge in [0.2, 0.25) is 0 Å². The summed E-state index contributed by atoms with van der Waals surface area (Å²) in [4.78, 5) is 0. The van der Waals surface area contributed by atoms with Gasteiger partial charge in [0.05, 0.1) is 0 Å². The molecule has 1 aliphatic carbocycles. The number of nitrogens with zero attached hydrogens (tertiary/aromatic N) is 1. The summed E-state index contributed by atoms with van der Waals surface area (Å²) in [6.45, 7) is 1.10. The molecule has 2 nitrogen and oxygen atoms in total. The molecule has 0 spiro atoms. The molecule has 0 amide bonds. The molecule has 0 saturated heterocycles. The van der Waals surface area contributed by atoms with E-state index >= 15 is 0 Å². The Morgan fingerprint density at radius 1 is 1.60 bits per heavy atom. The summed E-state index contributed by atoms with van der Waals surface area (Å²) in [5.74, 6) is 0.897. The molecule has 1 N–H and O–H groups in total. The standard InChI is InChI=1S/C7H11ClN2/c8-7-3-4-9-10(7)5-6-1-2-6/h3-4,6-7,9H,1-2,5H2. The highest BCUT2D eigenvalue weighted by atomic mass is 35.5. The van der Waals surface area contributed by atoms with Gasteiger partial charge in [-0.15, -0.1) is 0 Å². The van der Waals surface area contributed by atoms with E-state index in [0.29, 0.717) is 0 Å². The number of rotatable bonds is 2. The third-order valence-corrected chi connectivity index (χ3v) is 2.33. The van der Waals surface area contributed by atoms with Crippen LogP contribution in [-0.2, 0) is 0 Å². The van der Waals surface area contributed by atoms with Gasteiger partial charge in [-0.1, -0.05) is 11.6 Å². The van der Waals surface area contributed by atoms with Crippen LogP contribution >= 0.6 is 11.6 Å². The van der Waals surface area contributed by atoms with Crippen molar-refractivity contribution in [1.29, 1.82) is 0 Å². The van der Waals surface area contributed by atoms with Crippen LogP contribution in [0.4, 0.5) is 0 Å². The summed E-state index contributed by atoms with van der Waals surface area (Å²) in [6, 6.07) is 0. The molecule has 1 aliphatic heterocycles. The first-order valence-corrected chi connectivity index (χ1v) is 4.13. The zero-order valence-electron chi connectivity index (χ0n) is 5.76. The molecule has 1 unspecified atom stereocenters. The van der Waals surface area contributed by atoms with Gasteiger partial charge in [-0.3, -0.25) is 0 Å². The fourth-order valence-corrected chi connectivity index (χ4v) is 1.33. The highest BCUT2D eigenvalue weighted by Crippen LogP contribution is 2.30. The Labute approximate surface area is 65.8 Å². The van der Waals surface area contributed by atoms with Gasteiger partial charge in [0.15, 0.2) is 0 Å². The van der Waals surface area contributed by atoms with Crippen molar-refractivity contribution in [2.75, 3.05) is 6.54 Å². The number of alkyl halides is 1. The second-order valence-corrected chi connectivity index (χ2v) is 3.40. The lowest BCUT2D eigenvalue weighted by Crippen LogP contribution is -2.36. The largest absolute Gasteiger partial charge is 0.325 e. The van der Waals surface area contributed by atoms with E-state index in [-0.39, 0.29) is 5.50 Å². The molecule has 56 valence electrons. The summed E-state index contributed by atoms with van der Waals surface area (Å²) < 4.78 is 0. The Bertz CT molecular complexity index is 154. The molecule has 1 heterocycles. The van der Waals surface area contributed by atoms with E-state index in [1.165, 1.54) is 12.8 Å². The molecule has 1 atom stereocenters. The monoisotopic (exact) mass is 158 g/mol. The smallest absolute Gasteiger partial charge is 0.123 e. The topological polar surface area (TPSA) is 15.3 Å². The minimum Gasteiger partial charge on any atom is -0.325 e. The molecule has 2 aliphatic rings. The summed E-state index contributed by atoms with van der Waals surface area (Å²) in [5.41, 5.74) is 3.17. The maximum Gasteiger partial charge on any atom is 0.123 e. The Balaban J connectivity index is 1.81. The van der Waals surface area contributed by atoms with E-state index in [1.807, 2.05) is 12.3 Å². The maximum atomic E-state index is 5.93. The van der Waals surface area contributed by atoms with Crippen molar-refractivity contribution in [1.82, 2.24) is 10.4 Å². The van der Waals surface area contributed by atoms with Crippen LogP contribution in [0.25, 0.3) is 0 Å². The fraction of sp³-hybridized carbons (Fsp3) is 0.714. The van der Waals surface area contributed by atoms with Crippen LogP contribution in [-0.4, -0.2) is 17.1 Å². The van der Waals surface area contributed by atoms with Gasteiger partial charge in [0, 0.05) is 12.7 Å². The van der Waals surface area contributed by atoms with Crippen molar-refractivity contribution in [2.24, 2.45) is 5.92 Å². The minimum atomic E-state index is 0.0700. The number of nitrogens with one attached hydrogen (secondary N) is 1. The van der Waals surface area contributed by atoms with E-state index in [1.54, 1.807) is 0 Å². The van der Waals surface area contributed by atoms with Gasteiger partial charge in [0.1, 0.15) is 5.50 Å². The van der Waals surface area contributed by atoms with Crippen LogP contribution in [0.15, 0.2) is 12.3 Å². The minimum absolute atomic E-state index is 0.0700. The van der Waals surface area contributed by atoms with E-state index in [9.17, 15) is 0 Å². The Morgan fingerprint density at radius 3 is 2.90 bits per heavy atom. The van der Waals surface area contributed by atoms with E-state index in [2.05, 4.69) is 10.4 Å². The number of hydrazine groups is 1. The number of hydrogen-bond donors (Lipinski definition) is 1. The lowest BCUT2D eigenvalue weighted by Gasteiger charge is -2.18. The average molecular weight is 159 g/mol. The van der Waals surface area contributed by atoms with E-state index in [4.69, 9.17) is 11.6 Å². The van der Waals surface area contributed by atoms with Gasteiger partial charge >= 0.3 is 0 Å². The van der Waals surface area contributed by atoms with Crippen molar-refractivity contribution in [3.63, 3.8) is 0 Å². The van der Waals surface area contributed by atoms with Gasteiger partial charge in [-0.05, 0) is 24.8 Å². The van der Waals surface area contributed by atoms with Crippen LogP contribution < -0.4 is 5.43 Å². The maximum absolute atomic E-state index is 5.93. The molecular weight excluding hydrogens is 148 g/mol. The Morgan fingerprint density at radius 2 is 2.40 bits per heavy atom. The zero-order chi connectivity index (χ0) is 6.97. The van der Waals surface area contributed by atoms with Gasteiger partial charge in [0.25, 0.3) is 0 Å². The van der Waals surface area contributed by atoms with Crippen molar-refractivity contribution in [3.8, 4) is 0 Å². The first-order valence-electron chi connectivity index (χ1n) is 3.70. The molecule has 10 heavy (non-hydrogen) atoms. The second-order valence-electron chi connectivity index (χ2n) is 2.96. The van der Waals surface area contributed by atoms with Crippen LogP contribution in [0.1, 0.15) is 12.8 Å². The third kappa shape index (κ3) is 1.27. The lowest BCUT2D eigenvalue weighted by molar-refractivity contribution is 0.234. The van der Waals surface area contributed by atoms with Crippen LogP contribution in [0, 0.1) is 5.92 Å². The van der Waals surface area contributed by atoms with Gasteiger partial charge in [-0.25, -0.2) is 5.01 Å². The van der Waals surface area contributed by atoms with Crippen LogP contribution in [0.2, 0.25) is 0 Å². The van der Waals surface area contributed by atoms with E-state index < -0.39 is 0 Å². The summed E-state index contributed by atoms with van der Waals surface area (Å²) >= 11 is 5.93. The predicted molar refractivity (Wildman–Crippen MR) is 41.3 cm³/mol. The SMILES string of the molecule is ClC1C=CNN1CC1CC1. The predicted octanol–water partition coefficient (Wildman–Crippen LogP) is 1.30. The molecule has 0 aromatic heterocycles. The van der Waals surface area contributed by atoms with Gasteiger partial charge in [-0.2, -0.15) is 0 Å². The molecule has 0 aromatic rings. The summed E-state index contributed by atoms with van der Waals surface area (Å²) in [5, 5.41) is 2.07. The molecule has 3 heteroatoms.